The van der Waals surface area contributed by atoms with Crippen molar-refractivity contribution < 1.29 is 5.11 Å². The Morgan fingerprint density at radius 1 is 1.44 bits per heavy atom. The van der Waals surface area contributed by atoms with Crippen LogP contribution in [-0.2, 0) is 6.54 Å². The number of pyridine rings is 1. The number of hydrogen-bond donors (Lipinski definition) is 2. The van der Waals surface area contributed by atoms with Gasteiger partial charge in [-0.15, -0.1) is 0 Å². The quantitative estimate of drug-likeness (QED) is 0.822. The van der Waals surface area contributed by atoms with Gasteiger partial charge in [0.1, 0.15) is 11.3 Å². The van der Waals surface area contributed by atoms with Gasteiger partial charge < -0.3 is 15.0 Å². The molecule has 2 heterocycles. The van der Waals surface area contributed by atoms with Gasteiger partial charge in [-0.05, 0) is 50.4 Å². The van der Waals surface area contributed by atoms with Crippen LogP contribution in [0.5, 0.6) is 5.75 Å². The van der Waals surface area contributed by atoms with Gasteiger partial charge in [0, 0.05) is 24.7 Å². The summed E-state index contributed by atoms with van der Waals surface area (Å²) in [6.07, 6.45) is 5.62. The summed E-state index contributed by atoms with van der Waals surface area (Å²) in [6, 6.07) is 5.99. The maximum atomic E-state index is 13.0. The fourth-order valence-corrected chi connectivity index (χ4v) is 3.36. The molecule has 1 fully saturated rings. The Morgan fingerprint density at radius 3 is 3.00 bits per heavy atom. The van der Waals surface area contributed by atoms with Gasteiger partial charge in [-0.1, -0.05) is 19.4 Å². The number of nitrogens with zero attached hydrogens (tertiary/aromatic N) is 2. The Morgan fingerprint density at radius 2 is 2.28 bits per heavy atom. The number of fused-ring (bicyclic) bond motifs is 1. The maximum absolute atomic E-state index is 13.0. The summed E-state index contributed by atoms with van der Waals surface area (Å²) in [7, 11) is 0. The molecule has 25 heavy (non-hydrogen) atoms. The Bertz CT molecular complexity index is 833. The van der Waals surface area contributed by atoms with Crippen LogP contribution in [0, 0.1) is 6.92 Å². The molecule has 1 unspecified atom stereocenters. The van der Waals surface area contributed by atoms with E-state index in [-0.39, 0.29) is 17.4 Å². The third kappa shape index (κ3) is 3.76. The number of rotatable bonds is 5. The first-order chi connectivity index (χ1) is 12.1. The lowest BCUT2D eigenvalue weighted by atomic mass is 10.1. The zero-order chi connectivity index (χ0) is 17.8. The van der Waals surface area contributed by atoms with Crippen LogP contribution in [0.4, 0.5) is 0 Å². The molecule has 2 aromatic rings. The van der Waals surface area contributed by atoms with Crippen molar-refractivity contribution in [3.63, 3.8) is 0 Å². The molecule has 1 aliphatic heterocycles. The SMILES string of the molecule is CCCCn1c(=O)c(C=NC2CCCNC2)c(O)c2ccc(C)cc21. The van der Waals surface area contributed by atoms with Crippen molar-refractivity contribution in [1.82, 2.24) is 9.88 Å². The molecule has 0 bridgehead atoms. The molecule has 1 aromatic heterocycles. The van der Waals surface area contributed by atoms with Crippen LogP contribution in [0.2, 0.25) is 0 Å². The lowest BCUT2D eigenvalue weighted by molar-refractivity contribution is 0.461. The summed E-state index contributed by atoms with van der Waals surface area (Å²) in [5.74, 6) is 0.0419. The van der Waals surface area contributed by atoms with Crippen molar-refractivity contribution in [3.05, 3.63) is 39.7 Å². The molecule has 1 aliphatic rings. The molecule has 0 radical (unpaired) electrons. The van der Waals surface area contributed by atoms with Crippen LogP contribution in [0.25, 0.3) is 10.9 Å². The molecule has 5 heteroatoms. The Balaban J connectivity index is 2.09. The third-order valence-corrected chi connectivity index (χ3v) is 4.85. The normalized spacial score (nSPS) is 18.2. The van der Waals surface area contributed by atoms with E-state index in [1.807, 2.05) is 25.1 Å². The largest absolute Gasteiger partial charge is 0.506 e. The smallest absolute Gasteiger partial charge is 0.263 e. The number of aromatic hydroxyl groups is 1. The number of nitrogens with one attached hydrogen (secondary N) is 1. The van der Waals surface area contributed by atoms with E-state index < -0.39 is 0 Å². The van der Waals surface area contributed by atoms with Gasteiger partial charge in [-0.2, -0.15) is 0 Å². The van der Waals surface area contributed by atoms with Crippen molar-refractivity contribution in [2.45, 2.75) is 52.1 Å². The topological polar surface area (TPSA) is 66.6 Å². The van der Waals surface area contributed by atoms with Crippen LogP contribution in [-0.4, -0.2) is 35.0 Å². The van der Waals surface area contributed by atoms with Gasteiger partial charge in [0.15, 0.2) is 0 Å². The number of piperidine rings is 1. The predicted octanol–water partition coefficient (Wildman–Crippen LogP) is 2.99. The van der Waals surface area contributed by atoms with E-state index in [0.29, 0.717) is 17.5 Å². The highest BCUT2D eigenvalue weighted by molar-refractivity contribution is 5.95. The highest BCUT2D eigenvalue weighted by Gasteiger charge is 2.16. The fraction of sp³-hybridized carbons (Fsp3) is 0.500. The standard InChI is InChI=1S/C20H27N3O2/c1-3-4-10-23-18-11-14(2)7-8-16(18)19(24)17(20(23)25)13-22-15-6-5-9-21-12-15/h7-8,11,13,15,21,24H,3-6,9-10,12H2,1-2H3. The number of aromatic nitrogens is 1. The first kappa shape index (κ1) is 17.7. The van der Waals surface area contributed by atoms with Gasteiger partial charge in [0.2, 0.25) is 0 Å². The van der Waals surface area contributed by atoms with E-state index >= 15 is 0 Å². The molecule has 1 aromatic carbocycles. The minimum absolute atomic E-state index is 0.0419. The molecule has 3 rings (SSSR count). The van der Waals surface area contributed by atoms with Crippen molar-refractivity contribution in [2.24, 2.45) is 4.99 Å². The van der Waals surface area contributed by atoms with E-state index in [4.69, 9.17) is 0 Å². The molecule has 5 nitrogen and oxygen atoms in total. The molecule has 0 aliphatic carbocycles. The monoisotopic (exact) mass is 341 g/mol. The summed E-state index contributed by atoms with van der Waals surface area (Å²) in [4.78, 5) is 17.5. The zero-order valence-electron chi connectivity index (χ0n) is 15.1. The Hall–Kier alpha value is -2.14. The molecule has 134 valence electrons. The van der Waals surface area contributed by atoms with Gasteiger partial charge in [-0.25, -0.2) is 0 Å². The van der Waals surface area contributed by atoms with Crippen LogP contribution >= 0.6 is 0 Å². The molecule has 0 saturated carbocycles. The van der Waals surface area contributed by atoms with E-state index in [1.165, 1.54) is 0 Å². The van der Waals surface area contributed by atoms with Crippen LogP contribution < -0.4 is 10.9 Å². The third-order valence-electron chi connectivity index (χ3n) is 4.85. The van der Waals surface area contributed by atoms with Crippen molar-refractivity contribution in [3.8, 4) is 5.75 Å². The minimum atomic E-state index is -0.156. The second kappa shape index (κ2) is 7.83. The number of aliphatic imine (C=N–C) groups is 1. The van der Waals surface area contributed by atoms with Crippen molar-refractivity contribution in [1.29, 1.82) is 0 Å². The molecule has 0 spiro atoms. The molecular weight excluding hydrogens is 314 g/mol. The molecule has 0 amide bonds. The predicted molar refractivity (Wildman–Crippen MR) is 103 cm³/mol. The molecular formula is C20H27N3O2. The average Bonchev–Trinajstić information content (AvgIpc) is 2.62. The van der Waals surface area contributed by atoms with E-state index in [9.17, 15) is 9.90 Å². The fourth-order valence-electron chi connectivity index (χ4n) is 3.36. The lowest BCUT2D eigenvalue weighted by Gasteiger charge is -2.19. The van der Waals surface area contributed by atoms with E-state index in [1.54, 1.807) is 10.8 Å². The second-order valence-corrected chi connectivity index (χ2v) is 6.87. The van der Waals surface area contributed by atoms with E-state index in [0.717, 1.165) is 49.9 Å². The van der Waals surface area contributed by atoms with Gasteiger partial charge in [0.05, 0.1) is 11.6 Å². The molecule has 2 N–H and O–H groups in total. The second-order valence-electron chi connectivity index (χ2n) is 6.87. The number of unbranched alkanes of at least 4 members (excludes halogenated alkanes) is 1. The summed E-state index contributed by atoms with van der Waals surface area (Å²) >= 11 is 0. The average molecular weight is 341 g/mol. The lowest BCUT2D eigenvalue weighted by Crippen LogP contribution is -2.32. The highest BCUT2D eigenvalue weighted by Crippen LogP contribution is 2.26. The number of aryl methyl sites for hydroxylation is 2. The zero-order valence-corrected chi connectivity index (χ0v) is 15.1. The Kier molecular flexibility index (Phi) is 5.53. The van der Waals surface area contributed by atoms with Gasteiger partial charge in [0.25, 0.3) is 5.56 Å². The van der Waals surface area contributed by atoms with Gasteiger partial charge >= 0.3 is 0 Å². The Labute approximate surface area is 148 Å². The van der Waals surface area contributed by atoms with Crippen molar-refractivity contribution in [2.75, 3.05) is 13.1 Å². The maximum Gasteiger partial charge on any atom is 0.263 e. The van der Waals surface area contributed by atoms with E-state index in [2.05, 4.69) is 17.2 Å². The summed E-state index contributed by atoms with van der Waals surface area (Å²) in [5.41, 5.74) is 2.02. The molecule has 1 saturated heterocycles. The van der Waals surface area contributed by atoms with Crippen LogP contribution in [0.15, 0.2) is 28.0 Å². The van der Waals surface area contributed by atoms with Crippen molar-refractivity contribution >= 4 is 17.1 Å². The number of benzene rings is 1. The summed E-state index contributed by atoms with van der Waals surface area (Å²) < 4.78 is 1.78. The summed E-state index contributed by atoms with van der Waals surface area (Å²) in [5, 5.41) is 14.7. The number of hydrogen-bond acceptors (Lipinski definition) is 4. The first-order valence-corrected chi connectivity index (χ1v) is 9.21. The van der Waals surface area contributed by atoms with Crippen LogP contribution in [0.3, 0.4) is 0 Å². The van der Waals surface area contributed by atoms with Gasteiger partial charge in [-0.3, -0.25) is 9.79 Å². The highest BCUT2D eigenvalue weighted by atomic mass is 16.3. The minimum Gasteiger partial charge on any atom is -0.506 e. The first-order valence-electron chi connectivity index (χ1n) is 9.21. The van der Waals surface area contributed by atoms with Crippen LogP contribution in [0.1, 0.15) is 43.7 Å². The summed E-state index contributed by atoms with van der Waals surface area (Å²) in [6.45, 7) is 6.61. The molecule has 1 atom stereocenters.